The molecule has 5 nitrogen and oxygen atoms in total. The third kappa shape index (κ3) is 3.93. The van der Waals surface area contributed by atoms with Crippen molar-refractivity contribution in [3.63, 3.8) is 0 Å². The predicted octanol–water partition coefficient (Wildman–Crippen LogP) is 5.21. The van der Waals surface area contributed by atoms with Crippen LogP contribution in [-0.2, 0) is 6.61 Å². The zero-order chi connectivity index (χ0) is 18.6. The smallest absolute Gasteiger partial charge is 0.313 e. The van der Waals surface area contributed by atoms with Crippen molar-refractivity contribution in [2.75, 3.05) is 5.73 Å². The van der Waals surface area contributed by atoms with Gasteiger partial charge in [-0.05, 0) is 40.1 Å². The molecule has 0 saturated carbocycles. The summed E-state index contributed by atoms with van der Waals surface area (Å²) in [6.45, 7) is 0.442. The van der Waals surface area contributed by atoms with Gasteiger partial charge in [0.2, 0.25) is 5.89 Å². The van der Waals surface area contributed by atoms with Gasteiger partial charge in [0.1, 0.15) is 12.4 Å². The second-order valence-corrected chi connectivity index (χ2v) is 6.34. The number of ether oxygens (including phenoxy) is 1. The molecule has 0 amide bonds. The van der Waals surface area contributed by atoms with Crippen LogP contribution >= 0.6 is 11.6 Å². The van der Waals surface area contributed by atoms with E-state index in [-0.39, 0.29) is 6.01 Å². The first kappa shape index (κ1) is 17.1. The van der Waals surface area contributed by atoms with Gasteiger partial charge in [0.05, 0.1) is 5.02 Å². The number of hydrogen-bond donors (Lipinski definition) is 1. The lowest BCUT2D eigenvalue weighted by Crippen LogP contribution is -1.97. The van der Waals surface area contributed by atoms with E-state index in [2.05, 4.69) is 34.5 Å². The van der Waals surface area contributed by atoms with E-state index in [0.717, 1.165) is 11.1 Å². The molecule has 0 atom stereocenters. The van der Waals surface area contributed by atoms with Crippen LogP contribution in [0.25, 0.3) is 22.9 Å². The molecule has 6 heteroatoms. The quantitative estimate of drug-likeness (QED) is 0.517. The Hall–Kier alpha value is -3.31. The number of benzene rings is 3. The molecule has 27 heavy (non-hydrogen) atoms. The average Bonchev–Trinajstić information content (AvgIpc) is 3.11. The minimum atomic E-state index is 0.0323. The van der Waals surface area contributed by atoms with Crippen LogP contribution in [0.1, 0.15) is 17.0 Å². The largest absolute Gasteiger partial charge is 0.487 e. The highest BCUT2D eigenvalue weighted by Gasteiger charge is 2.06. The van der Waals surface area contributed by atoms with E-state index in [1.165, 1.54) is 10.8 Å². The molecule has 0 aliphatic heterocycles. The summed E-state index contributed by atoms with van der Waals surface area (Å²) in [5.41, 5.74) is 7.39. The van der Waals surface area contributed by atoms with Gasteiger partial charge in [-0.1, -0.05) is 65.2 Å². The maximum atomic E-state index is 6.37. The number of nitrogens with zero attached hydrogens (tertiary/aromatic N) is 2. The minimum absolute atomic E-state index is 0.0323. The van der Waals surface area contributed by atoms with Crippen molar-refractivity contribution in [3.8, 4) is 5.75 Å². The van der Waals surface area contributed by atoms with Crippen LogP contribution in [0.4, 0.5) is 6.01 Å². The normalized spacial score (nSPS) is 11.3. The molecule has 0 fully saturated rings. The number of halogens is 1. The third-order valence-corrected chi connectivity index (χ3v) is 4.39. The summed E-state index contributed by atoms with van der Waals surface area (Å²) in [7, 11) is 0. The molecule has 0 radical (unpaired) electrons. The molecular weight excluding hydrogens is 362 g/mol. The van der Waals surface area contributed by atoms with Crippen LogP contribution in [0.15, 0.2) is 65.1 Å². The van der Waals surface area contributed by atoms with Crippen molar-refractivity contribution in [3.05, 3.63) is 82.7 Å². The summed E-state index contributed by atoms with van der Waals surface area (Å²) in [6.07, 6.45) is 3.49. The summed E-state index contributed by atoms with van der Waals surface area (Å²) >= 11 is 6.37. The van der Waals surface area contributed by atoms with Crippen molar-refractivity contribution in [2.45, 2.75) is 6.61 Å². The van der Waals surface area contributed by atoms with Crippen molar-refractivity contribution >= 4 is 40.5 Å². The Kier molecular flexibility index (Phi) is 4.77. The second kappa shape index (κ2) is 7.51. The van der Waals surface area contributed by atoms with Crippen LogP contribution in [-0.4, -0.2) is 10.2 Å². The van der Waals surface area contributed by atoms with Crippen molar-refractivity contribution in [1.29, 1.82) is 0 Å². The van der Waals surface area contributed by atoms with Gasteiger partial charge in [0, 0.05) is 6.08 Å². The van der Waals surface area contributed by atoms with E-state index < -0.39 is 0 Å². The Morgan fingerprint density at radius 2 is 1.85 bits per heavy atom. The van der Waals surface area contributed by atoms with Crippen LogP contribution in [0.3, 0.4) is 0 Å². The highest BCUT2D eigenvalue weighted by Crippen LogP contribution is 2.28. The van der Waals surface area contributed by atoms with Gasteiger partial charge in [-0.3, -0.25) is 0 Å². The number of fused-ring (bicyclic) bond motifs is 1. The lowest BCUT2D eigenvalue weighted by atomic mass is 10.1. The molecule has 3 aromatic carbocycles. The number of nitrogens with two attached hydrogens (primary N) is 1. The molecule has 0 spiro atoms. The molecule has 4 aromatic rings. The topological polar surface area (TPSA) is 74.2 Å². The molecule has 0 bridgehead atoms. The van der Waals surface area contributed by atoms with Crippen molar-refractivity contribution in [2.24, 2.45) is 0 Å². The first-order valence-electron chi connectivity index (χ1n) is 8.35. The Bertz CT molecular complexity index is 1120. The van der Waals surface area contributed by atoms with Crippen LogP contribution in [0, 0.1) is 0 Å². The molecule has 4 rings (SSSR count). The maximum absolute atomic E-state index is 6.37. The number of rotatable bonds is 5. The molecule has 0 aliphatic carbocycles. The lowest BCUT2D eigenvalue weighted by molar-refractivity contribution is 0.308. The van der Waals surface area contributed by atoms with Crippen molar-refractivity contribution < 1.29 is 9.15 Å². The summed E-state index contributed by atoms with van der Waals surface area (Å²) in [4.78, 5) is 0. The summed E-state index contributed by atoms with van der Waals surface area (Å²) < 4.78 is 11.0. The zero-order valence-corrected chi connectivity index (χ0v) is 15.1. The fourth-order valence-electron chi connectivity index (χ4n) is 2.79. The molecule has 2 N–H and O–H groups in total. The Morgan fingerprint density at radius 3 is 2.67 bits per heavy atom. The van der Waals surface area contributed by atoms with Crippen LogP contribution in [0.5, 0.6) is 5.75 Å². The zero-order valence-electron chi connectivity index (χ0n) is 14.3. The van der Waals surface area contributed by atoms with Gasteiger partial charge in [-0.15, -0.1) is 5.10 Å². The van der Waals surface area contributed by atoms with Crippen LogP contribution < -0.4 is 10.5 Å². The van der Waals surface area contributed by atoms with Gasteiger partial charge in [0.15, 0.2) is 0 Å². The van der Waals surface area contributed by atoms with Gasteiger partial charge in [0.25, 0.3) is 0 Å². The fourth-order valence-corrected chi connectivity index (χ4v) is 3.04. The molecule has 1 aromatic heterocycles. The lowest BCUT2D eigenvalue weighted by Gasteiger charge is -2.11. The number of anilines is 1. The first-order chi connectivity index (χ1) is 13.2. The van der Waals surface area contributed by atoms with Gasteiger partial charge in [-0.25, -0.2) is 0 Å². The van der Waals surface area contributed by atoms with E-state index in [0.29, 0.717) is 23.3 Å². The maximum Gasteiger partial charge on any atom is 0.313 e. The van der Waals surface area contributed by atoms with E-state index >= 15 is 0 Å². The van der Waals surface area contributed by atoms with Crippen molar-refractivity contribution in [1.82, 2.24) is 10.2 Å². The standard InChI is InChI=1S/C21H16ClN3O2/c22-18-12-14(9-11-20-24-25-21(23)27-20)8-10-19(18)26-13-16-6-3-5-15-4-1-2-7-17(15)16/h1-12H,13H2,(H2,23,25)/b11-9+. The summed E-state index contributed by atoms with van der Waals surface area (Å²) in [6, 6.07) is 20.0. The van der Waals surface area contributed by atoms with E-state index in [9.17, 15) is 0 Å². The Labute approximate surface area is 161 Å². The summed E-state index contributed by atoms with van der Waals surface area (Å²) in [5.74, 6) is 0.962. The SMILES string of the molecule is Nc1nnc(/C=C/c2ccc(OCc3cccc4ccccc34)c(Cl)c2)o1. The highest BCUT2D eigenvalue weighted by molar-refractivity contribution is 6.32. The molecule has 1 heterocycles. The molecule has 134 valence electrons. The van der Waals surface area contributed by atoms with Crippen LogP contribution in [0.2, 0.25) is 5.02 Å². The van der Waals surface area contributed by atoms with Gasteiger partial charge in [-0.2, -0.15) is 0 Å². The minimum Gasteiger partial charge on any atom is -0.487 e. The third-order valence-electron chi connectivity index (χ3n) is 4.09. The number of aromatic nitrogens is 2. The first-order valence-corrected chi connectivity index (χ1v) is 8.73. The second-order valence-electron chi connectivity index (χ2n) is 5.93. The average molecular weight is 378 g/mol. The van der Waals surface area contributed by atoms with Gasteiger partial charge < -0.3 is 14.9 Å². The molecular formula is C21H16ClN3O2. The fraction of sp³-hybridized carbons (Fsp3) is 0.0476. The molecule has 0 aliphatic rings. The Morgan fingerprint density at radius 1 is 1.00 bits per heavy atom. The number of hydrogen-bond acceptors (Lipinski definition) is 5. The summed E-state index contributed by atoms with van der Waals surface area (Å²) in [5, 5.41) is 10.3. The number of nitrogen functional groups attached to an aromatic ring is 1. The van der Waals surface area contributed by atoms with E-state index in [1.807, 2.05) is 42.5 Å². The molecule has 0 saturated heterocycles. The van der Waals surface area contributed by atoms with Gasteiger partial charge >= 0.3 is 6.01 Å². The monoisotopic (exact) mass is 377 g/mol. The van der Waals surface area contributed by atoms with E-state index in [1.54, 1.807) is 6.08 Å². The van der Waals surface area contributed by atoms with E-state index in [4.69, 9.17) is 26.5 Å². The predicted molar refractivity (Wildman–Crippen MR) is 107 cm³/mol. The Balaban J connectivity index is 1.49. The molecule has 0 unspecified atom stereocenters. The highest BCUT2D eigenvalue weighted by atomic mass is 35.5.